The summed E-state index contributed by atoms with van der Waals surface area (Å²) in [4.78, 5) is 24.7. The summed E-state index contributed by atoms with van der Waals surface area (Å²) >= 11 is 0. The molecule has 2 amide bonds. The van der Waals surface area contributed by atoms with Crippen LogP contribution in [0, 0.1) is 0 Å². The molecule has 0 atom stereocenters. The summed E-state index contributed by atoms with van der Waals surface area (Å²) in [7, 11) is -3.99. The van der Waals surface area contributed by atoms with Gasteiger partial charge in [0, 0.05) is 19.2 Å². The Labute approximate surface area is 203 Å². The molecule has 0 aliphatic carbocycles. The van der Waals surface area contributed by atoms with E-state index in [1.807, 2.05) is 30.3 Å². The number of hydrogen-bond acceptors (Lipinski definition) is 6. The van der Waals surface area contributed by atoms with Gasteiger partial charge in [0.1, 0.15) is 13.2 Å². The van der Waals surface area contributed by atoms with Crippen LogP contribution in [0.1, 0.15) is 15.9 Å². The molecule has 0 unspecified atom stereocenters. The van der Waals surface area contributed by atoms with E-state index in [0.29, 0.717) is 24.7 Å². The summed E-state index contributed by atoms with van der Waals surface area (Å²) in [6, 6.07) is 20.0. The van der Waals surface area contributed by atoms with Gasteiger partial charge in [0.05, 0.1) is 22.6 Å². The third-order valence-electron chi connectivity index (χ3n) is 5.18. The fraction of sp³-hybridized carbons (Fsp3) is 0.200. The molecule has 0 aromatic heterocycles. The number of anilines is 1. The molecule has 35 heavy (non-hydrogen) atoms. The Hall–Kier alpha value is -4.05. The zero-order chi connectivity index (χ0) is 24.7. The molecule has 0 saturated carbocycles. The maximum Gasteiger partial charge on any atom is 0.262 e. The second-order valence-electron chi connectivity index (χ2n) is 7.72. The van der Waals surface area contributed by atoms with E-state index >= 15 is 0 Å². The Bertz CT molecular complexity index is 1310. The van der Waals surface area contributed by atoms with Crippen LogP contribution in [-0.2, 0) is 21.2 Å². The number of hydrogen-bond donors (Lipinski definition) is 3. The van der Waals surface area contributed by atoms with Gasteiger partial charge in [-0.15, -0.1) is 0 Å². The van der Waals surface area contributed by atoms with Crippen molar-refractivity contribution in [3.8, 4) is 11.5 Å². The molecule has 1 aliphatic heterocycles. The monoisotopic (exact) mass is 495 g/mol. The first kappa shape index (κ1) is 24.1. The Morgan fingerprint density at radius 3 is 2.29 bits per heavy atom. The van der Waals surface area contributed by atoms with Gasteiger partial charge < -0.3 is 20.1 Å². The number of fused-ring (bicyclic) bond motifs is 1. The Kier molecular flexibility index (Phi) is 7.51. The number of rotatable bonds is 9. The molecule has 9 nitrogen and oxygen atoms in total. The zero-order valence-electron chi connectivity index (χ0n) is 18.8. The maximum atomic E-state index is 13.0. The fourth-order valence-corrected chi connectivity index (χ4v) is 4.58. The van der Waals surface area contributed by atoms with E-state index in [4.69, 9.17) is 9.47 Å². The molecular weight excluding hydrogens is 470 g/mol. The van der Waals surface area contributed by atoms with Crippen molar-refractivity contribution < 1.29 is 27.5 Å². The first-order valence-electron chi connectivity index (χ1n) is 11.0. The summed E-state index contributed by atoms with van der Waals surface area (Å²) in [6.45, 7) is 1.15. The van der Waals surface area contributed by atoms with Gasteiger partial charge in [-0.05, 0) is 29.8 Å². The predicted octanol–water partition coefficient (Wildman–Crippen LogP) is 2.35. The highest BCUT2D eigenvalue weighted by molar-refractivity contribution is 7.92. The largest absolute Gasteiger partial charge is 0.486 e. The average Bonchev–Trinajstić information content (AvgIpc) is 2.87. The molecule has 0 bridgehead atoms. The van der Waals surface area contributed by atoms with Crippen LogP contribution in [-0.4, -0.2) is 46.5 Å². The highest BCUT2D eigenvalue weighted by atomic mass is 32.2. The summed E-state index contributed by atoms with van der Waals surface area (Å²) in [5.74, 6) is 0.200. The van der Waals surface area contributed by atoms with Gasteiger partial charge in [0.2, 0.25) is 5.91 Å². The van der Waals surface area contributed by atoms with Gasteiger partial charge in [-0.2, -0.15) is 0 Å². The van der Waals surface area contributed by atoms with Gasteiger partial charge in [-0.1, -0.05) is 42.5 Å². The lowest BCUT2D eigenvalue weighted by atomic mass is 10.1. The van der Waals surface area contributed by atoms with E-state index in [0.717, 1.165) is 5.56 Å². The molecule has 0 saturated heterocycles. The molecule has 10 heteroatoms. The normalized spacial score (nSPS) is 12.5. The van der Waals surface area contributed by atoms with Crippen molar-refractivity contribution in [1.29, 1.82) is 0 Å². The first-order chi connectivity index (χ1) is 16.9. The molecule has 0 spiro atoms. The van der Waals surface area contributed by atoms with Crippen LogP contribution in [0.5, 0.6) is 11.5 Å². The van der Waals surface area contributed by atoms with Crippen LogP contribution in [0.4, 0.5) is 5.69 Å². The van der Waals surface area contributed by atoms with Crippen molar-refractivity contribution in [3.63, 3.8) is 0 Å². The van der Waals surface area contributed by atoms with Gasteiger partial charge >= 0.3 is 0 Å². The second-order valence-corrected chi connectivity index (χ2v) is 9.41. The van der Waals surface area contributed by atoms with Gasteiger partial charge in [-0.25, -0.2) is 8.42 Å². The lowest BCUT2D eigenvalue weighted by Gasteiger charge is -2.19. The number of amides is 2. The molecule has 1 heterocycles. The standard InChI is InChI=1S/C25H25N3O6S/c29-24(16-18-6-2-1-3-7-18)26-12-13-27-25(30)20-8-4-5-9-21(20)28-35(31,32)19-10-11-22-23(17-19)34-15-14-33-22/h1-11,17,28H,12-16H2,(H,26,29)(H,27,30). The minimum Gasteiger partial charge on any atom is -0.486 e. The SMILES string of the molecule is O=C(Cc1ccccc1)NCCNC(=O)c1ccccc1NS(=O)(=O)c1ccc2c(c1)OCCO2. The van der Waals surface area contributed by atoms with E-state index in [9.17, 15) is 18.0 Å². The van der Waals surface area contributed by atoms with Gasteiger partial charge in [-0.3, -0.25) is 14.3 Å². The molecular formula is C25H25N3O6S. The van der Waals surface area contributed by atoms with Gasteiger partial charge in [0.25, 0.3) is 15.9 Å². The highest BCUT2D eigenvalue weighted by Gasteiger charge is 2.21. The third kappa shape index (κ3) is 6.30. The number of ether oxygens (including phenoxy) is 2. The summed E-state index contributed by atoms with van der Waals surface area (Å²) < 4.78 is 39.3. The Balaban J connectivity index is 1.35. The molecule has 1 aliphatic rings. The lowest BCUT2D eigenvalue weighted by Crippen LogP contribution is -2.35. The number of para-hydroxylation sites is 1. The molecule has 0 radical (unpaired) electrons. The van der Waals surface area contributed by atoms with Crippen LogP contribution in [0.3, 0.4) is 0 Å². The molecule has 3 aromatic rings. The Morgan fingerprint density at radius 1 is 0.800 bits per heavy atom. The number of carbonyl (C=O) groups is 2. The number of sulfonamides is 1. The quantitative estimate of drug-likeness (QED) is 0.392. The third-order valence-corrected chi connectivity index (χ3v) is 6.54. The lowest BCUT2D eigenvalue weighted by molar-refractivity contribution is -0.120. The van der Waals surface area contributed by atoms with E-state index in [2.05, 4.69) is 15.4 Å². The van der Waals surface area contributed by atoms with Crippen molar-refractivity contribution in [3.05, 3.63) is 83.9 Å². The van der Waals surface area contributed by atoms with Crippen LogP contribution in [0.2, 0.25) is 0 Å². The molecule has 182 valence electrons. The maximum absolute atomic E-state index is 13.0. The molecule has 4 rings (SSSR count). The van der Waals surface area contributed by atoms with E-state index < -0.39 is 15.9 Å². The van der Waals surface area contributed by atoms with Crippen molar-refractivity contribution in [2.45, 2.75) is 11.3 Å². The van der Waals surface area contributed by atoms with Crippen molar-refractivity contribution >= 4 is 27.5 Å². The summed E-state index contributed by atoms with van der Waals surface area (Å²) in [6.07, 6.45) is 0.249. The zero-order valence-corrected chi connectivity index (χ0v) is 19.6. The Morgan fingerprint density at radius 2 is 1.49 bits per heavy atom. The number of benzene rings is 3. The van der Waals surface area contributed by atoms with E-state index in [-0.39, 0.29) is 41.6 Å². The van der Waals surface area contributed by atoms with Crippen LogP contribution < -0.4 is 24.8 Å². The average molecular weight is 496 g/mol. The minimum atomic E-state index is -3.99. The predicted molar refractivity (Wildman–Crippen MR) is 130 cm³/mol. The highest BCUT2D eigenvalue weighted by Crippen LogP contribution is 2.33. The minimum absolute atomic E-state index is 0.0157. The van der Waals surface area contributed by atoms with E-state index in [1.165, 1.54) is 30.3 Å². The van der Waals surface area contributed by atoms with Crippen molar-refractivity contribution in [1.82, 2.24) is 10.6 Å². The fourth-order valence-electron chi connectivity index (χ4n) is 3.48. The van der Waals surface area contributed by atoms with Crippen LogP contribution >= 0.6 is 0 Å². The number of carbonyl (C=O) groups excluding carboxylic acids is 2. The van der Waals surface area contributed by atoms with Crippen LogP contribution in [0.25, 0.3) is 0 Å². The summed E-state index contributed by atoms with van der Waals surface area (Å²) in [5.41, 5.74) is 1.19. The number of nitrogens with one attached hydrogen (secondary N) is 3. The van der Waals surface area contributed by atoms with Gasteiger partial charge in [0.15, 0.2) is 11.5 Å². The smallest absolute Gasteiger partial charge is 0.262 e. The molecule has 3 N–H and O–H groups in total. The summed E-state index contributed by atoms with van der Waals surface area (Å²) in [5, 5.41) is 5.45. The topological polar surface area (TPSA) is 123 Å². The van der Waals surface area contributed by atoms with Crippen molar-refractivity contribution in [2.75, 3.05) is 31.0 Å². The van der Waals surface area contributed by atoms with Crippen molar-refractivity contribution in [2.24, 2.45) is 0 Å². The van der Waals surface area contributed by atoms with E-state index in [1.54, 1.807) is 12.1 Å². The van der Waals surface area contributed by atoms with Crippen LogP contribution in [0.15, 0.2) is 77.7 Å². The molecule has 3 aromatic carbocycles. The first-order valence-corrected chi connectivity index (χ1v) is 12.5. The second kappa shape index (κ2) is 10.9. The molecule has 0 fully saturated rings.